The summed E-state index contributed by atoms with van der Waals surface area (Å²) < 4.78 is 0. The molecule has 1 aromatic carbocycles. The number of rotatable bonds is 4. The van der Waals surface area contributed by atoms with Gasteiger partial charge in [0.05, 0.1) is 0 Å². The second kappa shape index (κ2) is 7.47. The van der Waals surface area contributed by atoms with Gasteiger partial charge in [-0.3, -0.25) is 4.79 Å². The third-order valence-corrected chi connectivity index (χ3v) is 2.76. The lowest BCUT2D eigenvalue weighted by molar-refractivity contribution is 0.0943. The van der Waals surface area contributed by atoms with Gasteiger partial charge in [-0.05, 0) is 38.5 Å². The molecular formula is C16H15N5O. The average Bonchev–Trinajstić information content (AvgIpc) is 2.48. The molecule has 0 bridgehead atoms. The molecule has 6 heteroatoms. The van der Waals surface area contributed by atoms with Crippen molar-refractivity contribution in [2.45, 2.75) is 26.8 Å². The molecule has 0 aliphatic rings. The van der Waals surface area contributed by atoms with Crippen molar-refractivity contribution in [2.24, 2.45) is 0 Å². The summed E-state index contributed by atoms with van der Waals surface area (Å²) in [6.45, 7) is 5.50. The molecule has 0 aliphatic carbocycles. The highest BCUT2D eigenvalue weighted by molar-refractivity contribution is 5.95. The summed E-state index contributed by atoms with van der Waals surface area (Å²) in [5.41, 5.74) is 1.25. The Hall–Kier alpha value is -3.30. The van der Waals surface area contributed by atoms with Crippen LogP contribution in [0.4, 0.5) is 5.69 Å². The van der Waals surface area contributed by atoms with E-state index in [1.807, 2.05) is 13.8 Å². The zero-order chi connectivity index (χ0) is 16.7. The van der Waals surface area contributed by atoms with E-state index in [0.717, 1.165) is 5.56 Å². The van der Waals surface area contributed by atoms with Gasteiger partial charge < -0.3 is 10.6 Å². The minimum atomic E-state index is -0.307. The highest BCUT2D eigenvalue weighted by atomic mass is 16.1. The lowest BCUT2D eigenvalue weighted by Crippen LogP contribution is -2.30. The van der Waals surface area contributed by atoms with Crippen LogP contribution in [-0.4, -0.2) is 11.9 Å². The monoisotopic (exact) mass is 293 g/mol. The number of nitrogens with zero attached hydrogens (tertiary/aromatic N) is 3. The number of allylic oxidation sites excluding steroid dienone is 2. The van der Waals surface area contributed by atoms with E-state index in [1.165, 1.54) is 0 Å². The third-order valence-electron chi connectivity index (χ3n) is 2.76. The van der Waals surface area contributed by atoms with E-state index in [2.05, 4.69) is 10.6 Å². The Morgan fingerprint density at radius 2 is 1.77 bits per heavy atom. The largest absolute Gasteiger partial charge is 0.350 e. The zero-order valence-electron chi connectivity index (χ0n) is 12.6. The molecule has 0 fully saturated rings. The van der Waals surface area contributed by atoms with Crippen LogP contribution in [0.3, 0.4) is 0 Å². The molecule has 0 heterocycles. The van der Waals surface area contributed by atoms with Crippen molar-refractivity contribution < 1.29 is 4.79 Å². The van der Waals surface area contributed by atoms with Crippen LogP contribution in [0.1, 0.15) is 29.8 Å². The number of hydrogen-bond acceptors (Lipinski definition) is 5. The number of carbonyl (C=O) groups is 1. The Bertz CT molecular complexity index is 725. The van der Waals surface area contributed by atoms with Crippen molar-refractivity contribution in [3.63, 3.8) is 0 Å². The summed E-state index contributed by atoms with van der Waals surface area (Å²) in [4.78, 5) is 12.0. The molecule has 1 rings (SSSR count). The third kappa shape index (κ3) is 4.10. The molecule has 0 saturated carbocycles. The molecule has 0 radical (unpaired) electrons. The summed E-state index contributed by atoms with van der Waals surface area (Å²) in [5, 5.41) is 32.2. The predicted molar refractivity (Wildman–Crippen MR) is 81.3 cm³/mol. The molecule has 0 saturated heterocycles. The fourth-order valence-electron chi connectivity index (χ4n) is 1.66. The summed E-state index contributed by atoms with van der Waals surface area (Å²) in [5.74, 6) is -0.235. The summed E-state index contributed by atoms with van der Waals surface area (Å²) in [6.07, 6.45) is 0. The van der Waals surface area contributed by atoms with Gasteiger partial charge in [-0.15, -0.1) is 0 Å². The van der Waals surface area contributed by atoms with Crippen LogP contribution in [0, 0.1) is 40.9 Å². The summed E-state index contributed by atoms with van der Waals surface area (Å²) in [6, 6.07) is 10.1. The fraction of sp³-hybridized carbons (Fsp3) is 0.250. The molecule has 1 amide bonds. The molecule has 0 unspecified atom stereocenters. The average molecular weight is 293 g/mol. The Morgan fingerprint density at radius 3 is 2.27 bits per heavy atom. The molecule has 0 aromatic heterocycles. The number of amides is 1. The van der Waals surface area contributed by atoms with Gasteiger partial charge in [0.2, 0.25) is 0 Å². The maximum Gasteiger partial charge on any atom is 0.251 e. The van der Waals surface area contributed by atoms with Gasteiger partial charge in [0, 0.05) is 17.3 Å². The first kappa shape index (κ1) is 16.8. The zero-order valence-corrected chi connectivity index (χ0v) is 12.6. The van der Waals surface area contributed by atoms with Gasteiger partial charge in [-0.2, -0.15) is 15.8 Å². The van der Waals surface area contributed by atoms with Crippen molar-refractivity contribution in [1.29, 1.82) is 15.8 Å². The molecular weight excluding hydrogens is 278 g/mol. The van der Waals surface area contributed by atoms with Crippen LogP contribution in [0.5, 0.6) is 0 Å². The van der Waals surface area contributed by atoms with Crippen molar-refractivity contribution in [3.8, 4) is 18.2 Å². The van der Waals surface area contributed by atoms with Crippen LogP contribution in [0.2, 0.25) is 0 Å². The number of nitriles is 3. The summed E-state index contributed by atoms with van der Waals surface area (Å²) >= 11 is 0. The normalized spacial score (nSPS) is 9.14. The SMILES string of the molecule is Cc1ccc(C(=O)NC(C)C)cc1NC(C#N)=C(C#N)C#N. The van der Waals surface area contributed by atoms with E-state index in [1.54, 1.807) is 43.3 Å². The van der Waals surface area contributed by atoms with Crippen LogP contribution < -0.4 is 10.6 Å². The van der Waals surface area contributed by atoms with Crippen molar-refractivity contribution in [1.82, 2.24) is 5.32 Å². The van der Waals surface area contributed by atoms with Gasteiger partial charge in [-0.1, -0.05) is 6.07 Å². The van der Waals surface area contributed by atoms with E-state index < -0.39 is 0 Å². The minimum absolute atomic E-state index is 0.00329. The minimum Gasteiger partial charge on any atom is -0.350 e. The molecule has 1 aromatic rings. The van der Waals surface area contributed by atoms with Gasteiger partial charge in [0.1, 0.15) is 23.9 Å². The standard InChI is InChI=1S/C16H15N5O/c1-10(2)20-16(22)12-5-4-11(3)14(6-12)21-15(9-19)13(7-17)8-18/h4-6,10,21H,1-3H3,(H,20,22). The number of aryl methyl sites for hydroxylation is 1. The fourth-order valence-corrected chi connectivity index (χ4v) is 1.66. The molecule has 0 aliphatic heterocycles. The maximum absolute atomic E-state index is 12.0. The van der Waals surface area contributed by atoms with Crippen LogP contribution in [0.15, 0.2) is 29.5 Å². The lowest BCUT2D eigenvalue weighted by Gasteiger charge is -2.12. The summed E-state index contributed by atoms with van der Waals surface area (Å²) in [7, 11) is 0. The van der Waals surface area contributed by atoms with Gasteiger partial charge in [0.15, 0.2) is 5.57 Å². The molecule has 110 valence electrons. The number of carbonyl (C=O) groups excluding carboxylic acids is 1. The Morgan fingerprint density at radius 1 is 1.14 bits per heavy atom. The lowest BCUT2D eigenvalue weighted by atomic mass is 10.1. The smallest absolute Gasteiger partial charge is 0.251 e. The number of benzene rings is 1. The van der Waals surface area contributed by atoms with E-state index in [0.29, 0.717) is 11.3 Å². The number of anilines is 1. The second-order valence-electron chi connectivity index (χ2n) is 4.87. The Labute approximate surface area is 129 Å². The highest BCUT2D eigenvalue weighted by Gasteiger charge is 2.12. The van der Waals surface area contributed by atoms with Crippen molar-refractivity contribution in [2.75, 3.05) is 5.32 Å². The number of hydrogen-bond donors (Lipinski definition) is 2. The van der Waals surface area contributed by atoms with Crippen LogP contribution in [0.25, 0.3) is 0 Å². The molecule has 2 N–H and O–H groups in total. The van der Waals surface area contributed by atoms with E-state index in [9.17, 15) is 4.79 Å². The molecule has 6 nitrogen and oxygen atoms in total. The number of nitrogens with one attached hydrogen (secondary N) is 2. The van der Waals surface area contributed by atoms with E-state index in [-0.39, 0.29) is 23.2 Å². The molecule has 0 atom stereocenters. The Kier molecular flexibility index (Phi) is 5.69. The van der Waals surface area contributed by atoms with Crippen LogP contribution in [-0.2, 0) is 0 Å². The quantitative estimate of drug-likeness (QED) is 0.827. The topological polar surface area (TPSA) is 112 Å². The molecule has 22 heavy (non-hydrogen) atoms. The van der Waals surface area contributed by atoms with Gasteiger partial charge in [-0.25, -0.2) is 0 Å². The van der Waals surface area contributed by atoms with Gasteiger partial charge >= 0.3 is 0 Å². The first-order chi connectivity index (χ1) is 10.4. The molecule has 0 spiro atoms. The van der Waals surface area contributed by atoms with Crippen LogP contribution >= 0.6 is 0 Å². The van der Waals surface area contributed by atoms with Crippen molar-refractivity contribution >= 4 is 11.6 Å². The van der Waals surface area contributed by atoms with Gasteiger partial charge in [0.25, 0.3) is 5.91 Å². The maximum atomic E-state index is 12.0. The first-order valence-electron chi connectivity index (χ1n) is 6.56. The van der Waals surface area contributed by atoms with E-state index >= 15 is 0 Å². The van der Waals surface area contributed by atoms with E-state index in [4.69, 9.17) is 15.8 Å². The highest BCUT2D eigenvalue weighted by Crippen LogP contribution is 2.20. The second-order valence-corrected chi connectivity index (χ2v) is 4.87. The first-order valence-corrected chi connectivity index (χ1v) is 6.56. The Balaban J connectivity index is 3.20. The predicted octanol–water partition coefficient (Wildman–Crippen LogP) is 2.37. The van der Waals surface area contributed by atoms with Crippen molar-refractivity contribution in [3.05, 3.63) is 40.6 Å².